The van der Waals surface area contributed by atoms with Gasteiger partial charge in [0.05, 0.1) is 5.75 Å². The first-order valence-corrected chi connectivity index (χ1v) is 7.97. The second-order valence-corrected chi connectivity index (χ2v) is 6.48. The van der Waals surface area contributed by atoms with Crippen LogP contribution in [0.25, 0.3) is 0 Å². The van der Waals surface area contributed by atoms with Crippen LogP contribution < -0.4 is 4.72 Å². The molecular formula is C9H18BrNO2S. The molecule has 3 nitrogen and oxygen atoms in total. The van der Waals surface area contributed by atoms with Gasteiger partial charge in [-0.3, -0.25) is 0 Å². The molecule has 0 aliphatic heterocycles. The Morgan fingerprint density at radius 3 is 2.43 bits per heavy atom. The first-order valence-electron chi connectivity index (χ1n) is 5.20. The monoisotopic (exact) mass is 283 g/mol. The van der Waals surface area contributed by atoms with Gasteiger partial charge in [0, 0.05) is 11.4 Å². The van der Waals surface area contributed by atoms with Crippen molar-refractivity contribution in [1.29, 1.82) is 0 Å². The summed E-state index contributed by atoms with van der Waals surface area (Å²) in [7, 11) is -3.02. The molecule has 0 unspecified atom stereocenters. The smallest absolute Gasteiger partial charge is 0.211 e. The van der Waals surface area contributed by atoms with Gasteiger partial charge < -0.3 is 0 Å². The van der Waals surface area contributed by atoms with Crippen molar-refractivity contribution >= 4 is 26.0 Å². The van der Waals surface area contributed by atoms with Gasteiger partial charge in [0.2, 0.25) is 10.0 Å². The van der Waals surface area contributed by atoms with E-state index in [1.807, 2.05) is 0 Å². The molecule has 84 valence electrons. The van der Waals surface area contributed by atoms with E-state index in [2.05, 4.69) is 20.7 Å². The quantitative estimate of drug-likeness (QED) is 0.785. The van der Waals surface area contributed by atoms with Crippen LogP contribution in [0.4, 0.5) is 0 Å². The number of halogens is 1. The third-order valence-corrected chi connectivity index (χ3v) is 4.58. The first kappa shape index (κ1) is 12.5. The predicted octanol–water partition coefficient (Wildman–Crippen LogP) is 2.02. The van der Waals surface area contributed by atoms with Crippen LogP contribution in [0.2, 0.25) is 0 Å². The predicted molar refractivity (Wildman–Crippen MR) is 62.2 cm³/mol. The van der Waals surface area contributed by atoms with Gasteiger partial charge in [-0.2, -0.15) is 0 Å². The van der Waals surface area contributed by atoms with E-state index in [-0.39, 0.29) is 11.8 Å². The Labute approximate surface area is 94.8 Å². The molecule has 1 aliphatic carbocycles. The van der Waals surface area contributed by atoms with Gasteiger partial charge in [0.1, 0.15) is 0 Å². The summed E-state index contributed by atoms with van der Waals surface area (Å²) in [5.41, 5.74) is 0. The van der Waals surface area contributed by atoms with Crippen LogP contribution in [0.1, 0.15) is 38.5 Å². The van der Waals surface area contributed by atoms with Crippen LogP contribution in [0.3, 0.4) is 0 Å². The van der Waals surface area contributed by atoms with E-state index in [0.29, 0.717) is 6.42 Å². The molecule has 0 atom stereocenters. The summed E-state index contributed by atoms with van der Waals surface area (Å²) in [5.74, 6) is 0.245. The molecule has 1 fully saturated rings. The van der Waals surface area contributed by atoms with E-state index >= 15 is 0 Å². The van der Waals surface area contributed by atoms with Crippen LogP contribution in [-0.4, -0.2) is 25.5 Å². The third-order valence-electron chi connectivity index (χ3n) is 2.50. The molecule has 1 aliphatic rings. The lowest BCUT2D eigenvalue weighted by Crippen LogP contribution is -2.37. The van der Waals surface area contributed by atoms with Crippen LogP contribution in [0, 0.1) is 0 Å². The molecule has 0 heterocycles. The molecule has 0 bridgehead atoms. The largest absolute Gasteiger partial charge is 0.212 e. The fourth-order valence-electron chi connectivity index (χ4n) is 1.78. The molecule has 0 aromatic rings. The van der Waals surface area contributed by atoms with E-state index in [4.69, 9.17) is 0 Å². The molecule has 0 saturated heterocycles. The van der Waals surface area contributed by atoms with E-state index in [0.717, 1.165) is 31.0 Å². The molecule has 0 aromatic heterocycles. The highest BCUT2D eigenvalue weighted by atomic mass is 79.9. The minimum absolute atomic E-state index is 0.198. The van der Waals surface area contributed by atoms with Crippen molar-refractivity contribution in [2.45, 2.75) is 44.6 Å². The lowest BCUT2D eigenvalue weighted by Gasteiger charge is -2.22. The Morgan fingerprint density at radius 1 is 1.21 bits per heavy atom. The Morgan fingerprint density at radius 2 is 1.86 bits per heavy atom. The standard InChI is InChI=1S/C9H18BrNO2S/c10-7-4-8-14(12,13)11-9-5-2-1-3-6-9/h9,11H,1-8H2. The Hall–Kier alpha value is 0.390. The summed E-state index contributed by atoms with van der Waals surface area (Å²) < 4.78 is 25.8. The van der Waals surface area contributed by atoms with Gasteiger partial charge in [0.25, 0.3) is 0 Å². The highest BCUT2D eigenvalue weighted by Gasteiger charge is 2.19. The van der Waals surface area contributed by atoms with Crippen molar-refractivity contribution in [3.05, 3.63) is 0 Å². The average Bonchev–Trinajstić information content (AvgIpc) is 2.16. The van der Waals surface area contributed by atoms with Crippen molar-refractivity contribution in [3.8, 4) is 0 Å². The van der Waals surface area contributed by atoms with Crippen LogP contribution in [0.5, 0.6) is 0 Å². The van der Waals surface area contributed by atoms with Crippen LogP contribution in [0.15, 0.2) is 0 Å². The lowest BCUT2D eigenvalue weighted by molar-refractivity contribution is 0.412. The molecule has 0 spiro atoms. The summed E-state index contributed by atoms with van der Waals surface area (Å²) in [6, 6.07) is 0.198. The Kier molecular flexibility index (Phi) is 5.41. The van der Waals surface area contributed by atoms with Crippen LogP contribution in [-0.2, 0) is 10.0 Å². The maximum Gasteiger partial charge on any atom is 0.211 e. The van der Waals surface area contributed by atoms with Gasteiger partial charge in [-0.05, 0) is 19.3 Å². The van der Waals surface area contributed by atoms with Gasteiger partial charge in [-0.15, -0.1) is 0 Å². The summed E-state index contributed by atoms with van der Waals surface area (Å²) >= 11 is 3.24. The number of hydrogen-bond donors (Lipinski definition) is 1. The Bertz CT molecular complexity index is 248. The zero-order chi connectivity index (χ0) is 10.4. The highest BCUT2D eigenvalue weighted by Crippen LogP contribution is 2.18. The fourth-order valence-corrected chi connectivity index (χ4v) is 3.82. The molecule has 5 heteroatoms. The summed E-state index contributed by atoms with van der Waals surface area (Å²) in [5, 5.41) is 0.749. The average molecular weight is 284 g/mol. The molecule has 14 heavy (non-hydrogen) atoms. The molecule has 0 radical (unpaired) electrons. The summed E-state index contributed by atoms with van der Waals surface area (Å²) in [6.45, 7) is 0. The molecule has 1 N–H and O–H groups in total. The van der Waals surface area contributed by atoms with Crippen LogP contribution >= 0.6 is 15.9 Å². The normalized spacial score (nSPS) is 19.8. The lowest BCUT2D eigenvalue weighted by atomic mass is 9.96. The van der Waals surface area contributed by atoms with Crippen molar-refractivity contribution in [2.24, 2.45) is 0 Å². The molecule has 1 saturated carbocycles. The zero-order valence-corrected chi connectivity index (χ0v) is 10.7. The maximum absolute atomic E-state index is 11.5. The third kappa shape index (κ3) is 4.75. The van der Waals surface area contributed by atoms with Gasteiger partial charge in [-0.1, -0.05) is 35.2 Å². The highest BCUT2D eigenvalue weighted by molar-refractivity contribution is 9.09. The fraction of sp³-hybridized carbons (Fsp3) is 1.00. The number of alkyl halides is 1. The second-order valence-electron chi connectivity index (χ2n) is 3.81. The second kappa shape index (κ2) is 6.08. The number of nitrogens with one attached hydrogen (secondary N) is 1. The van der Waals surface area contributed by atoms with E-state index in [1.54, 1.807) is 0 Å². The van der Waals surface area contributed by atoms with Crippen molar-refractivity contribution in [2.75, 3.05) is 11.1 Å². The number of sulfonamides is 1. The summed E-state index contributed by atoms with van der Waals surface area (Å²) in [4.78, 5) is 0. The van der Waals surface area contributed by atoms with Crippen molar-refractivity contribution < 1.29 is 8.42 Å². The molecule has 0 aromatic carbocycles. The molecule has 0 amide bonds. The number of rotatable bonds is 5. The minimum atomic E-state index is -3.02. The first-order chi connectivity index (χ1) is 6.64. The number of hydrogen-bond acceptors (Lipinski definition) is 2. The van der Waals surface area contributed by atoms with E-state index < -0.39 is 10.0 Å². The van der Waals surface area contributed by atoms with Gasteiger partial charge in [-0.25, -0.2) is 13.1 Å². The van der Waals surface area contributed by atoms with Crippen molar-refractivity contribution in [1.82, 2.24) is 4.72 Å². The van der Waals surface area contributed by atoms with Gasteiger partial charge >= 0.3 is 0 Å². The van der Waals surface area contributed by atoms with E-state index in [1.165, 1.54) is 6.42 Å². The maximum atomic E-state index is 11.5. The van der Waals surface area contributed by atoms with E-state index in [9.17, 15) is 8.42 Å². The topological polar surface area (TPSA) is 46.2 Å². The van der Waals surface area contributed by atoms with Crippen molar-refractivity contribution in [3.63, 3.8) is 0 Å². The Balaban J connectivity index is 2.33. The van der Waals surface area contributed by atoms with Gasteiger partial charge in [0.15, 0.2) is 0 Å². The molecule has 1 rings (SSSR count). The minimum Gasteiger partial charge on any atom is -0.212 e. The SMILES string of the molecule is O=S(=O)(CCCBr)NC1CCCCC1. The summed E-state index contributed by atoms with van der Waals surface area (Å²) in [6.07, 6.45) is 6.26. The molecular weight excluding hydrogens is 266 g/mol. The zero-order valence-electron chi connectivity index (χ0n) is 8.34.